The summed E-state index contributed by atoms with van der Waals surface area (Å²) >= 11 is 0. The van der Waals surface area contributed by atoms with E-state index < -0.39 is 0 Å². The van der Waals surface area contributed by atoms with Crippen LogP contribution < -0.4 is 5.32 Å². The Hall–Kier alpha value is -2.66. The standard InChI is InChI=1S/C25H31N3O2/c1-18-7-8-19(2)23(15-18)26-24(29)17-27(22-9-10-22)14-12-25(30)28-13-11-20-5-3-4-6-21(20)16-28/h3-8,15,22H,9-14,16-17H2,1-2H3,(H,26,29). The fraction of sp³-hybridized carbons (Fsp3) is 0.440. The Balaban J connectivity index is 1.30. The van der Waals surface area contributed by atoms with Gasteiger partial charge >= 0.3 is 0 Å². The Morgan fingerprint density at radius 2 is 1.87 bits per heavy atom. The lowest BCUT2D eigenvalue weighted by Crippen LogP contribution is -2.40. The molecule has 1 aliphatic heterocycles. The Labute approximate surface area is 179 Å². The zero-order chi connectivity index (χ0) is 21.1. The van der Waals surface area contributed by atoms with Crippen LogP contribution in [0, 0.1) is 13.8 Å². The average Bonchev–Trinajstić information content (AvgIpc) is 3.58. The van der Waals surface area contributed by atoms with Crippen molar-refractivity contribution in [1.82, 2.24) is 9.80 Å². The zero-order valence-corrected chi connectivity index (χ0v) is 18.0. The van der Waals surface area contributed by atoms with Crippen molar-refractivity contribution in [3.63, 3.8) is 0 Å². The van der Waals surface area contributed by atoms with E-state index in [2.05, 4.69) is 28.4 Å². The van der Waals surface area contributed by atoms with Crippen LogP contribution in [-0.4, -0.2) is 47.3 Å². The summed E-state index contributed by atoms with van der Waals surface area (Å²) in [4.78, 5) is 29.6. The van der Waals surface area contributed by atoms with Crippen LogP contribution >= 0.6 is 0 Å². The predicted molar refractivity (Wildman–Crippen MR) is 119 cm³/mol. The van der Waals surface area contributed by atoms with E-state index in [9.17, 15) is 9.59 Å². The van der Waals surface area contributed by atoms with Gasteiger partial charge in [0.2, 0.25) is 11.8 Å². The highest BCUT2D eigenvalue weighted by atomic mass is 16.2. The molecule has 1 aliphatic carbocycles. The Morgan fingerprint density at radius 1 is 1.10 bits per heavy atom. The molecule has 2 aliphatic rings. The van der Waals surface area contributed by atoms with E-state index in [0.29, 0.717) is 32.1 Å². The number of anilines is 1. The third-order valence-electron chi connectivity index (χ3n) is 6.17. The number of carbonyl (C=O) groups excluding carboxylic acids is 2. The van der Waals surface area contributed by atoms with Gasteiger partial charge in [-0.2, -0.15) is 0 Å². The Bertz CT molecular complexity index is 936. The number of nitrogens with zero attached hydrogens (tertiary/aromatic N) is 2. The Kier molecular flexibility index (Phi) is 6.18. The summed E-state index contributed by atoms with van der Waals surface area (Å²) in [6.07, 6.45) is 3.62. The number of carbonyl (C=O) groups is 2. The van der Waals surface area contributed by atoms with Crippen molar-refractivity contribution < 1.29 is 9.59 Å². The van der Waals surface area contributed by atoms with Crippen molar-refractivity contribution in [3.05, 3.63) is 64.7 Å². The minimum absolute atomic E-state index is 0.00468. The summed E-state index contributed by atoms with van der Waals surface area (Å²) < 4.78 is 0. The molecule has 0 unspecified atom stereocenters. The van der Waals surface area contributed by atoms with Gasteiger partial charge in [-0.05, 0) is 61.4 Å². The number of amides is 2. The normalized spacial score (nSPS) is 15.8. The molecule has 0 saturated heterocycles. The van der Waals surface area contributed by atoms with Crippen LogP contribution in [0.3, 0.4) is 0 Å². The first kappa shape index (κ1) is 20.6. The summed E-state index contributed by atoms with van der Waals surface area (Å²) in [6, 6.07) is 14.9. The molecule has 0 aromatic heterocycles. The largest absolute Gasteiger partial charge is 0.338 e. The first-order valence-electron chi connectivity index (χ1n) is 11.0. The van der Waals surface area contributed by atoms with Gasteiger partial charge in [0.05, 0.1) is 6.54 Å². The molecule has 2 aromatic rings. The van der Waals surface area contributed by atoms with Gasteiger partial charge in [0.25, 0.3) is 0 Å². The van der Waals surface area contributed by atoms with E-state index in [1.165, 1.54) is 11.1 Å². The van der Waals surface area contributed by atoms with Crippen LogP contribution in [0.4, 0.5) is 5.69 Å². The van der Waals surface area contributed by atoms with Gasteiger partial charge in [0, 0.05) is 37.8 Å². The first-order chi connectivity index (χ1) is 14.5. The molecule has 1 N–H and O–H groups in total. The second kappa shape index (κ2) is 9.00. The molecule has 0 atom stereocenters. The number of fused-ring (bicyclic) bond motifs is 1. The summed E-state index contributed by atoms with van der Waals surface area (Å²) in [5.41, 5.74) is 5.67. The first-order valence-corrected chi connectivity index (χ1v) is 11.0. The molecule has 0 spiro atoms. The van der Waals surface area contributed by atoms with Crippen LogP contribution in [-0.2, 0) is 22.6 Å². The lowest BCUT2D eigenvalue weighted by Gasteiger charge is -2.30. The second-order valence-electron chi connectivity index (χ2n) is 8.65. The van der Waals surface area contributed by atoms with Crippen LogP contribution in [0.1, 0.15) is 41.5 Å². The maximum atomic E-state index is 12.8. The van der Waals surface area contributed by atoms with Crippen molar-refractivity contribution in [2.75, 3.05) is 25.0 Å². The summed E-state index contributed by atoms with van der Waals surface area (Å²) in [5, 5.41) is 3.05. The molecular formula is C25H31N3O2. The predicted octanol–water partition coefficient (Wildman–Crippen LogP) is 3.68. The highest BCUT2D eigenvalue weighted by Gasteiger charge is 2.31. The number of hydrogen-bond acceptors (Lipinski definition) is 3. The van der Waals surface area contributed by atoms with E-state index in [4.69, 9.17) is 0 Å². The van der Waals surface area contributed by atoms with Gasteiger partial charge in [0.1, 0.15) is 0 Å². The zero-order valence-electron chi connectivity index (χ0n) is 18.0. The third kappa shape index (κ3) is 5.08. The van der Waals surface area contributed by atoms with Gasteiger partial charge in [-0.15, -0.1) is 0 Å². The fourth-order valence-corrected chi connectivity index (χ4v) is 4.18. The van der Waals surface area contributed by atoms with E-state index in [1.54, 1.807) is 0 Å². The van der Waals surface area contributed by atoms with Crippen LogP contribution in [0.5, 0.6) is 0 Å². The highest BCUT2D eigenvalue weighted by molar-refractivity contribution is 5.93. The van der Waals surface area contributed by atoms with E-state index in [1.807, 2.05) is 43.0 Å². The van der Waals surface area contributed by atoms with Gasteiger partial charge in [0.15, 0.2) is 0 Å². The molecule has 30 heavy (non-hydrogen) atoms. The topological polar surface area (TPSA) is 52.7 Å². The van der Waals surface area contributed by atoms with Crippen molar-refractivity contribution in [2.24, 2.45) is 0 Å². The van der Waals surface area contributed by atoms with Crippen LogP contribution in [0.2, 0.25) is 0 Å². The van der Waals surface area contributed by atoms with Gasteiger partial charge in [-0.25, -0.2) is 0 Å². The van der Waals surface area contributed by atoms with Crippen LogP contribution in [0.15, 0.2) is 42.5 Å². The van der Waals surface area contributed by atoms with Crippen LogP contribution in [0.25, 0.3) is 0 Å². The van der Waals surface area contributed by atoms with Gasteiger partial charge in [-0.3, -0.25) is 14.5 Å². The minimum atomic E-state index is -0.00468. The van der Waals surface area contributed by atoms with Crippen molar-refractivity contribution in [3.8, 4) is 0 Å². The molecule has 5 heteroatoms. The summed E-state index contributed by atoms with van der Waals surface area (Å²) in [5.74, 6) is 0.181. The van der Waals surface area contributed by atoms with Crippen molar-refractivity contribution in [2.45, 2.75) is 52.1 Å². The molecular weight excluding hydrogens is 374 g/mol. The van der Waals surface area contributed by atoms with E-state index in [0.717, 1.165) is 42.6 Å². The van der Waals surface area contributed by atoms with Crippen molar-refractivity contribution >= 4 is 17.5 Å². The quantitative estimate of drug-likeness (QED) is 0.765. The maximum absolute atomic E-state index is 12.8. The molecule has 158 valence electrons. The molecule has 4 rings (SSSR count). The number of benzene rings is 2. The monoisotopic (exact) mass is 405 g/mol. The van der Waals surface area contributed by atoms with Gasteiger partial charge < -0.3 is 10.2 Å². The SMILES string of the molecule is Cc1ccc(C)c(NC(=O)CN(CCC(=O)N2CCc3ccccc3C2)C2CC2)c1. The average molecular weight is 406 g/mol. The lowest BCUT2D eigenvalue weighted by molar-refractivity contribution is -0.132. The number of nitrogens with one attached hydrogen (secondary N) is 1. The highest BCUT2D eigenvalue weighted by Crippen LogP contribution is 2.27. The molecule has 5 nitrogen and oxygen atoms in total. The third-order valence-corrected chi connectivity index (χ3v) is 6.17. The summed E-state index contributed by atoms with van der Waals surface area (Å²) in [7, 11) is 0. The van der Waals surface area contributed by atoms with Crippen molar-refractivity contribution in [1.29, 1.82) is 0 Å². The molecule has 0 radical (unpaired) electrons. The minimum Gasteiger partial charge on any atom is -0.338 e. The summed E-state index contributed by atoms with van der Waals surface area (Å²) in [6.45, 7) is 6.49. The van der Waals surface area contributed by atoms with Gasteiger partial charge in [-0.1, -0.05) is 36.4 Å². The molecule has 1 fully saturated rings. The smallest absolute Gasteiger partial charge is 0.238 e. The number of rotatable bonds is 7. The lowest BCUT2D eigenvalue weighted by atomic mass is 10.00. The Morgan fingerprint density at radius 3 is 2.63 bits per heavy atom. The molecule has 2 amide bonds. The molecule has 1 heterocycles. The van der Waals surface area contributed by atoms with E-state index >= 15 is 0 Å². The number of hydrogen-bond donors (Lipinski definition) is 1. The maximum Gasteiger partial charge on any atom is 0.238 e. The molecule has 1 saturated carbocycles. The number of aryl methyl sites for hydroxylation is 2. The fourth-order valence-electron chi connectivity index (χ4n) is 4.18. The second-order valence-corrected chi connectivity index (χ2v) is 8.65. The molecule has 2 aromatic carbocycles. The molecule has 0 bridgehead atoms. The van der Waals surface area contributed by atoms with E-state index in [-0.39, 0.29) is 11.8 Å².